The van der Waals surface area contributed by atoms with Crippen molar-refractivity contribution in [2.75, 3.05) is 13.2 Å². The highest BCUT2D eigenvalue weighted by Crippen LogP contribution is 2.16. The van der Waals surface area contributed by atoms with E-state index in [0.29, 0.717) is 24.4 Å². The van der Waals surface area contributed by atoms with Crippen LogP contribution >= 0.6 is 0 Å². The highest BCUT2D eigenvalue weighted by atomic mass is 16.6. The lowest BCUT2D eigenvalue weighted by Gasteiger charge is -2.19. The van der Waals surface area contributed by atoms with E-state index in [1.165, 1.54) is 0 Å². The number of carbonyl (C=O) groups is 1. The largest absolute Gasteiger partial charge is 0.492 e. The molecule has 114 valence electrons. The van der Waals surface area contributed by atoms with Crippen LogP contribution in [-0.4, -0.2) is 34.8 Å². The number of benzene rings is 1. The molecule has 0 saturated heterocycles. The molecule has 21 heavy (non-hydrogen) atoms. The van der Waals surface area contributed by atoms with Crippen LogP contribution in [-0.2, 0) is 4.74 Å². The number of amides is 1. The molecular weight excluding hydrogens is 274 g/mol. The Morgan fingerprint density at radius 3 is 2.67 bits per heavy atom. The van der Waals surface area contributed by atoms with Crippen molar-refractivity contribution in [1.29, 1.82) is 0 Å². The lowest BCUT2D eigenvalue weighted by molar-refractivity contribution is 0.0520. The summed E-state index contributed by atoms with van der Waals surface area (Å²) in [6.45, 7) is 6.04. The number of fused-ring (bicyclic) bond motifs is 1. The first-order valence-electron chi connectivity index (χ1n) is 6.65. The van der Waals surface area contributed by atoms with E-state index in [1.54, 1.807) is 39.0 Å². The molecule has 0 unspecified atom stereocenters. The van der Waals surface area contributed by atoms with Gasteiger partial charge in [-0.3, -0.25) is 0 Å². The molecule has 0 spiro atoms. The van der Waals surface area contributed by atoms with Gasteiger partial charge in [0.25, 0.3) is 0 Å². The molecule has 0 aliphatic rings. The molecule has 0 atom stereocenters. The molecule has 1 aromatic carbocycles. The lowest BCUT2D eigenvalue weighted by Crippen LogP contribution is -2.34. The average Bonchev–Trinajstić information content (AvgIpc) is 2.71. The second kappa shape index (κ2) is 5.90. The van der Waals surface area contributed by atoms with Crippen molar-refractivity contribution in [2.24, 2.45) is 0 Å². The molecule has 0 radical (unpaired) electrons. The van der Waals surface area contributed by atoms with Gasteiger partial charge in [-0.2, -0.15) is 0 Å². The fourth-order valence-corrected chi connectivity index (χ4v) is 1.74. The van der Waals surface area contributed by atoms with E-state index in [-0.39, 0.29) is 5.69 Å². The summed E-state index contributed by atoms with van der Waals surface area (Å²) in [4.78, 5) is 27.9. The summed E-state index contributed by atoms with van der Waals surface area (Å²) < 4.78 is 10.6. The molecule has 3 N–H and O–H groups in total. The lowest BCUT2D eigenvalue weighted by atomic mass is 10.2. The fourth-order valence-electron chi connectivity index (χ4n) is 1.74. The van der Waals surface area contributed by atoms with Crippen LogP contribution in [0.4, 0.5) is 4.79 Å². The number of nitrogens with one attached hydrogen (secondary N) is 3. The van der Waals surface area contributed by atoms with Crippen molar-refractivity contribution < 1.29 is 14.3 Å². The van der Waals surface area contributed by atoms with Gasteiger partial charge in [-0.1, -0.05) is 0 Å². The molecule has 0 saturated carbocycles. The van der Waals surface area contributed by atoms with Crippen LogP contribution < -0.4 is 15.7 Å². The van der Waals surface area contributed by atoms with Gasteiger partial charge in [0, 0.05) is 6.07 Å². The molecule has 1 heterocycles. The highest BCUT2D eigenvalue weighted by Gasteiger charge is 2.15. The SMILES string of the molecule is CC(C)(C)OC(=O)NCCOc1ccc2[nH]c(=O)[nH]c2c1. The van der Waals surface area contributed by atoms with E-state index in [4.69, 9.17) is 9.47 Å². The molecular formula is C14H19N3O4. The third-order valence-corrected chi connectivity index (χ3v) is 2.53. The Morgan fingerprint density at radius 1 is 1.24 bits per heavy atom. The quantitative estimate of drug-likeness (QED) is 0.748. The van der Waals surface area contributed by atoms with E-state index < -0.39 is 11.7 Å². The van der Waals surface area contributed by atoms with Gasteiger partial charge in [0.2, 0.25) is 0 Å². The number of rotatable bonds is 4. The van der Waals surface area contributed by atoms with Crippen molar-refractivity contribution in [2.45, 2.75) is 26.4 Å². The normalized spacial score (nSPS) is 11.4. The third-order valence-electron chi connectivity index (χ3n) is 2.53. The van der Waals surface area contributed by atoms with Crippen LogP contribution in [0.15, 0.2) is 23.0 Å². The summed E-state index contributed by atoms with van der Waals surface area (Å²) in [5.74, 6) is 0.615. The first-order chi connectivity index (χ1) is 9.83. The second-order valence-corrected chi connectivity index (χ2v) is 5.56. The topological polar surface area (TPSA) is 96.2 Å². The maximum absolute atomic E-state index is 11.4. The number of alkyl carbamates (subject to hydrolysis) is 1. The first-order valence-corrected chi connectivity index (χ1v) is 6.65. The molecule has 0 aliphatic carbocycles. The van der Waals surface area contributed by atoms with Gasteiger partial charge in [0.1, 0.15) is 18.0 Å². The Hall–Kier alpha value is -2.44. The molecule has 2 aromatic rings. The van der Waals surface area contributed by atoms with Crippen LogP contribution in [0.5, 0.6) is 5.75 Å². The Bertz CT molecular complexity index is 681. The van der Waals surface area contributed by atoms with Gasteiger partial charge in [-0.05, 0) is 32.9 Å². The zero-order valence-electron chi connectivity index (χ0n) is 12.3. The van der Waals surface area contributed by atoms with Crippen molar-refractivity contribution in [3.05, 3.63) is 28.7 Å². The van der Waals surface area contributed by atoms with Crippen molar-refractivity contribution >= 4 is 17.1 Å². The number of aromatic amines is 2. The first kappa shape index (κ1) is 15.0. The van der Waals surface area contributed by atoms with E-state index in [0.717, 1.165) is 5.52 Å². The Balaban J connectivity index is 1.80. The summed E-state index contributed by atoms with van der Waals surface area (Å²) in [5, 5.41) is 2.60. The van der Waals surface area contributed by atoms with E-state index in [2.05, 4.69) is 15.3 Å². The number of ether oxygens (including phenoxy) is 2. The molecule has 0 fully saturated rings. The van der Waals surface area contributed by atoms with Crippen LogP contribution in [0, 0.1) is 0 Å². The maximum Gasteiger partial charge on any atom is 0.407 e. The highest BCUT2D eigenvalue weighted by molar-refractivity contribution is 5.75. The van der Waals surface area contributed by atoms with Gasteiger partial charge >= 0.3 is 11.8 Å². The van der Waals surface area contributed by atoms with Gasteiger partial charge in [-0.15, -0.1) is 0 Å². The van der Waals surface area contributed by atoms with E-state index in [1.807, 2.05) is 0 Å². The van der Waals surface area contributed by atoms with Gasteiger partial charge in [-0.25, -0.2) is 9.59 Å². The van der Waals surface area contributed by atoms with Crippen LogP contribution in [0.1, 0.15) is 20.8 Å². The molecule has 7 heteroatoms. The molecule has 2 rings (SSSR count). The predicted molar refractivity (Wildman–Crippen MR) is 78.7 cm³/mol. The molecule has 0 aliphatic heterocycles. The maximum atomic E-state index is 11.4. The zero-order valence-corrected chi connectivity index (χ0v) is 12.3. The van der Waals surface area contributed by atoms with E-state index >= 15 is 0 Å². The Kier molecular flexibility index (Phi) is 4.21. The number of hydrogen-bond donors (Lipinski definition) is 3. The number of H-pyrrole nitrogens is 2. The monoisotopic (exact) mass is 293 g/mol. The molecule has 1 aromatic heterocycles. The number of aromatic nitrogens is 2. The van der Waals surface area contributed by atoms with Crippen LogP contribution in [0.3, 0.4) is 0 Å². The zero-order chi connectivity index (χ0) is 15.5. The van der Waals surface area contributed by atoms with Gasteiger partial charge in [0.05, 0.1) is 17.6 Å². The standard InChI is InChI=1S/C14H19N3O4/c1-14(2,3)21-13(19)15-6-7-20-9-4-5-10-11(8-9)17-12(18)16-10/h4-5,8H,6-7H2,1-3H3,(H,15,19)(H2,16,17,18). The van der Waals surface area contributed by atoms with Crippen LogP contribution in [0.25, 0.3) is 11.0 Å². The summed E-state index contributed by atoms with van der Waals surface area (Å²) in [7, 11) is 0. The van der Waals surface area contributed by atoms with Gasteiger partial charge in [0.15, 0.2) is 0 Å². The summed E-state index contributed by atoms with van der Waals surface area (Å²) in [6.07, 6.45) is -0.475. The summed E-state index contributed by atoms with van der Waals surface area (Å²) in [6, 6.07) is 5.23. The minimum absolute atomic E-state index is 0.256. The average molecular weight is 293 g/mol. The molecule has 0 bridgehead atoms. The second-order valence-electron chi connectivity index (χ2n) is 5.56. The third kappa shape index (κ3) is 4.55. The number of carbonyl (C=O) groups excluding carboxylic acids is 1. The summed E-state index contributed by atoms with van der Waals surface area (Å²) >= 11 is 0. The predicted octanol–water partition coefficient (Wildman–Crippen LogP) is 1.76. The molecule has 7 nitrogen and oxygen atoms in total. The number of imidazole rings is 1. The van der Waals surface area contributed by atoms with Crippen molar-refractivity contribution in [1.82, 2.24) is 15.3 Å². The Morgan fingerprint density at radius 2 is 1.95 bits per heavy atom. The Labute approximate surface area is 121 Å². The van der Waals surface area contributed by atoms with Crippen molar-refractivity contribution in [3.8, 4) is 5.75 Å². The van der Waals surface area contributed by atoms with Crippen LogP contribution in [0.2, 0.25) is 0 Å². The fraction of sp³-hybridized carbons (Fsp3) is 0.429. The van der Waals surface area contributed by atoms with E-state index in [9.17, 15) is 9.59 Å². The van der Waals surface area contributed by atoms with Gasteiger partial charge < -0.3 is 24.8 Å². The minimum atomic E-state index is -0.518. The minimum Gasteiger partial charge on any atom is -0.492 e. The smallest absolute Gasteiger partial charge is 0.407 e. The van der Waals surface area contributed by atoms with Crippen molar-refractivity contribution in [3.63, 3.8) is 0 Å². The molecule has 1 amide bonds. The summed E-state index contributed by atoms with van der Waals surface area (Å²) in [5.41, 5.74) is 0.626. The number of hydrogen-bond acceptors (Lipinski definition) is 4.